The van der Waals surface area contributed by atoms with Crippen LogP contribution in [0.2, 0.25) is 0 Å². The monoisotopic (exact) mass is 486 g/mol. The molecule has 1 aromatic carbocycles. The van der Waals surface area contributed by atoms with E-state index >= 15 is 0 Å². The van der Waals surface area contributed by atoms with Crippen LogP contribution < -0.4 is 16.6 Å². The molecule has 0 radical (unpaired) electrons. The molecule has 3 aromatic rings. The van der Waals surface area contributed by atoms with Gasteiger partial charge in [0.05, 0.1) is 21.8 Å². The number of halogens is 1. The second-order valence-corrected chi connectivity index (χ2v) is 9.58. The van der Waals surface area contributed by atoms with Crippen LogP contribution in [0.3, 0.4) is 0 Å². The number of aromatic nitrogens is 3. The fraction of sp³-hybridized carbons (Fsp3) is 0.304. The van der Waals surface area contributed by atoms with Gasteiger partial charge in [0, 0.05) is 29.8 Å². The standard InChI is InChI=1S/C23H23ClN4O4S/c1-14-25-18-9-8-17(11-19(18)33-14)26-20-12-21(29)27(10-2-3-22(30)31)23(32)28(20)13-15-4-6-16(24)7-5-15/h4,6,8-9,11-12,26H,2-3,5,7,10,13H2,1H3,(H,30,31). The third kappa shape index (κ3) is 5.43. The number of carbonyl (C=O) groups is 1. The first kappa shape index (κ1) is 23.0. The van der Waals surface area contributed by atoms with Crippen LogP contribution in [-0.4, -0.2) is 25.2 Å². The lowest BCUT2D eigenvalue weighted by molar-refractivity contribution is -0.137. The Labute approximate surface area is 198 Å². The van der Waals surface area contributed by atoms with E-state index in [4.69, 9.17) is 16.7 Å². The predicted molar refractivity (Wildman–Crippen MR) is 131 cm³/mol. The van der Waals surface area contributed by atoms with E-state index < -0.39 is 17.2 Å². The number of benzene rings is 1. The highest BCUT2D eigenvalue weighted by Crippen LogP contribution is 2.27. The molecule has 0 unspecified atom stereocenters. The maximum atomic E-state index is 13.3. The number of hydrogen-bond acceptors (Lipinski definition) is 6. The molecular formula is C23H23ClN4O4S. The maximum absolute atomic E-state index is 13.3. The summed E-state index contributed by atoms with van der Waals surface area (Å²) in [5, 5.41) is 13.8. The van der Waals surface area contributed by atoms with Gasteiger partial charge in [0.1, 0.15) is 5.82 Å². The lowest BCUT2D eigenvalue weighted by Gasteiger charge is -2.19. The smallest absolute Gasteiger partial charge is 0.332 e. The molecule has 0 amide bonds. The molecule has 1 aliphatic rings. The lowest BCUT2D eigenvalue weighted by atomic mass is 10.1. The SMILES string of the molecule is Cc1nc2ccc(Nc3cc(=O)n(CCCC(=O)O)c(=O)n3CC3=CC=C(Cl)CC3)cc2s1. The molecule has 0 fully saturated rings. The molecule has 4 rings (SSSR count). The van der Waals surface area contributed by atoms with Crippen molar-refractivity contribution >= 4 is 50.6 Å². The van der Waals surface area contributed by atoms with Gasteiger partial charge < -0.3 is 10.4 Å². The van der Waals surface area contributed by atoms with Crippen molar-refractivity contribution in [3.63, 3.8) is 0 Å². The zero-order valence-electron chi connectivity index (χ0n) is 18.0. The summed E-state index contributed by atoms with van der Waals surface area (Å²) >= 11 is 7.64. The Hall–Kier alpha value is -3.17. The van der Waals surface area contributed by atoms with E-state index in [-0.39, 0.29) is 19.4 Å². The van der Waals surface area contributed by atoms with Gasteiger partial charge in [0.2, 0.25) is 0 Å². The first-order valence-electron chi connectivity index (χ1n) is 10.5. The van der Waals surface area contributed by atoms with E-state index in [1.165, 1.54) is 10.6 Å². The third-order valence-corrected chi connectivity index (χ3v) is 6.61. The van der Waals surface area contributed by atoms with Crippen LogP contribution in [0.4, 0.5) is 11.5 Å². The quantitative estimate of drug-likeness (QED) is 0.489. The van der Waals surface area contributed by atoms with Gasteiger partial charge in [0.25, 0.3) is 5.56 Å². The van der Waals surface area contributed by atoms with Crippen LogP contribution in [0.15, 0.2) is 56.6 Å². The topological polar surface area (TPSA) is 106 Å². The number of nitrogens with one attached hydrogen (secondary N) is 1. The van der Waals surface area contributed by atoms with Gasteiger partial charge in [-0.05, 0) is 56.0 Å². The molecule has 172 valence electrons. The van der Waals surface area contributed by atoms with Gasteiger partial charge in [0.15, 0.2) is 0 Å². The summed E-state index contributed by atoms with van der Waals surface area (Å²) in [4.78, 5) is 41.4. The number of aliphatic carboxylic acids is 1. The van der Waals surface area contributed by atoms with Gasteiger partial charge >= 0.3 is 11.7 Å². The normalized spacial score (nSPS) is 13.6. The first-order valence-corrected chi connectivity index (χ1v) is 11.7. The first-order chi connectivity index (χ1) is 15.8. The van der Waals surface area contributed by atoms with Crippen LogP contribution in [-0.2, 0) is 17.9 Å². The molecule has 2 heterocycles. The second-order valence-electron chi connectivity index (χ2n) is 7.86. The van der Waals surface area contributed by atoms with Crippen molar-refractivity contribution < 1.29 is 9.90 Å². The molecule has 0 spiro atoms. The largest absolute Gasteiger partial charge is 0.481 e. The minimum Gasteiger partial charge on any atom is -0.481 e. The number of hydrogen-bond donors (Lipinski definition) is 2. The molecule has 0 bridgehead atoms. The molecule has 0 aliphatic heterocycles. The van der Waals surface area contributed by atoms with Crippen molar-refractivity contribution in [3.05, 3.63) is 72.9 Å². The number of allylic oxidation sites excluding steroid dienone is 4. The van der Waals surface area contributed by atoms with Crippen molar-refractivity contribution in [2.75, 3.05) is 5.32 Å². The average Bonchev–Trinajstić information content (AvgIpc) is 3.13. The van der Waals surface area contributed by atoms with E-state index in [1.807, 2.05) is 37.3 Å². The van der Waals surface area contributed by atoms with Gasteiger partial charge in [-0.1, -0.05) is 17.7 Å². The van der Waals surface area contributed by atoms with Crippen LogP contribution in [0, 0.1) is 6.92 Å². The summed E-state index contributed by atoms with van der Waals surface area (Å²) in [6.45, 7) is 2.28. The number of carboxylic acid groups (broad SMARTS) is 1. The number of anilines is 2. The summed E-state index contributed by atoms with van der Waals surface area (Å²) < 4.78 is 3.61. The van der Waals surface area contributed by atoms with E-state index in [2.05, 4.69) is 10.3 Å². The minimum absolute atomic E-state index is 0.0428. The molecule has 33 heavy (non-hydrogen) atoms. The molecule has 8 nitrogen and oxygen atoms in total. The molecule has 0 atom stereocenters. The number of nitrogens with zero attached hydrogens (tertiary/aromatic N) is 3. The Morgan fingerprint density at radius 1 is 1.21 bits per heavy atom. The average molecular weight is 487 g/mol. The number of thiazole rings is 1. The summed E-state index contributed by atoms with van der Waals surface area (Å²) in [5.74, 6) is -0.590. The van der Waals surface area contributed by atoms with Crippen molar-refractivity contribution in [3.8, 4) is 0 Å². The van der Waals surface area contributed by atoms with Crippen molar-refractivity contribution in [1.29, 1.82) is 0 Å². The van der Waals surface area contributed by atoms with E-state index in [0.717, 1.165) is 36.1 Å². The zero-order chi connectivity index (χ0) is 23.5. The number of fused-ring (bicyclic) bond motifs is 1. The van der Waals surface area contributed by atoms with Crippen molar-refractivity contribution in [2.24, 2.45) is 0 Å². The second kappa shape index (κ2) is 9.76. The van der Waals surface area contributed by atoms with Crippen LogP contribution in [0.5, 0.6) is 0 Å². The maximum Gasteiger partial charge on any atom is 0.332 e. The molecule has 10 heteroatoms. The molecule has 1 aliphatic carbocycles. The van der Waals surface area contributed by atoms with E-state index in [0.29, 0.717) is 25.2 Å². The molecule has 2 N–H and O–H groups in total. The summed E-state index contributed by atoms with van der Waals surface area (Å²) in [6, 6.07) is 7.08. The number of rotatable bonds is 8. The van der Waals surface area contributed by atoms with Gasteiger partial charge in [-0.2, -0.15) is 0 Å². The zero-order valence-corrected chi connectivity index (χ0v) is 19.6. The van der Waals surface area contributed by atoms with Crippen molar-refractivity contribution in [2.45, 2.75) is 45.7 Å². The number of aryl methyl sites for hydroxylation is 1. The van der Waals surface area contributed by atoms with Crippen molar-refractivity contribution in [1.82, 2.24) is 14.1 Å². The highest BCUT2D eigenvalue weighted by atomic mass is 35.5. The summed E-state index contributed by atoms with van der Waals surface area (Å²) in [7, 11) is 0. The Bertz CT molecular complexity index is 1400. The van der Waals surface area contributed by atoms with Gasteiger partial charge in [-0.15, -0.1) is 11.3 Å². The third-order valence-electron chi connectivity index (χ3n) is 5.36. The Morgan fingerprint density at radius 3 is 2.76 bits per heavy atom. The Balaban J connectivity index is 1.72. The summed E-state index contributed by atoms with van der Waals surface area (Å²) in [6.07, 6.45) is 5.21. The van der Waals surface area contributed by atoms with E-state index in [9.17, 15) is 14.4 Å². The minimum atomic E-state index is -0.966. The molecular weight excluding hydrogens is 464 g/mol. The van der Waals surface area contributed by atoms with Crippen LogP contribution in [0.25, 0.3) is 10.2 Å². The van der Waals surface area contributed by atoms with E-state index in [1.54, 1.807) is 11.3 Å². The number of carboxylic acids is 1. The highest BCUT2D eigenvalue weighted by Gasteiger charge is 2.15. The predicted octanol–water partition coefficient (Wildman–Crippen LogP) is 4.38. The van der Waals surface area contributed by atoms with Gasteiger partial charge in [-0.25, -0.2) is 9.78 Å². The van der Waals surface area contributed by atoms with Crippen LogP contribution in [0.1, 0.15) is 30.7 Å². The Morgan fingerprint density at radius 2 is 2.03 bits per heavy atom. The highest BCUT2D eigenvalue weighted by molar-refractivity contribution is 7.18. The summed E-state index contributed by atoms with van der Waals surface area (Å²) in [5.41, 5.74) is 1.69. The lowest BCUT2D eigenvalue weighted by Crippen LogP contribution is -2.40. The fourth-order valence-corrected chi connectivity index (χ4v) is 4.75. The van der Waals surface area contributed by atoms with Gasteiger partial charge in [-0.3, -0.25) is 18.7 Å². The molecule has 0 saturated carbocycles. The fourth-order valence-electron chi connectivity index (χ4n) is 3.72. The molecule has 2 aromatic heterocycles. The Kier molecular flexibility index (Phi) is 6.80. The molecule has 0 saturated heterocycles. The van der Waals surface area contributed by atoms with Crippen LogP contribution >= 0.6 is 22.9 Å².